The van der Waals surface area contributed by atoms with Crippen molar-refractivity contribution < 1.29 is 9.59 Å². The number of rotatable bonds is 8. The van der Waals surface area contributed by atoms with E-state index in [-0.39, 0.29) is 30.1 Å². The van der Waals surface area contributed by atoms with E-state index in [1.807, 2.05) is 24.4 Å². The van der Waals surface area contributed by atoms with E-state index in [1.165, 1.54) is 0 Å². The van der Waals surface area contributed by atoms with Crippen molar-refractivity contribution in [3.63, 3.8) is 0 Å². The number of nitrogens with zero attached hydrogens (tertiary/aromatic N) is 2. The molecule has 2 heterocycles. The van der Waals surface area contributed by atoms with Gasteiger partial charge in [-0.05, 0) is 30.1 Å². The minimum Gasteiger partial charge on any atom is -0.350 e. The van der Waals surface area contributed by atoms with Crippen LogP contribution in [0.4, 0.5) is 5.69 Å². The molecule has 0 bridgehead atoms. The molecule has 0 saturated carbocycles. The molecule has 24 heavy (non-hydrogen) atoms. The van der Waals surface area contributed by atoms with E-state index in [4.69, 9.17) is 11.6 Å². The fourth-order valence-electron chi connectivity index (χ4n) is 2.01. The number of thiophene rings is 1. The van der Waals surface area contributed by atoms with Crippen LogP contribution in [-0.4, -0.2) is 41.3 Å². The van der Waals surface area contributed by atoms with Crippen molar-refractivity contribution in [1.82, 2.24) is 15.2 Å². The quantitative estimate of drug-likeness (QED) is 0.703. The van der Waals surface area contributed by atoms with Gasteiger partial charge in [-0.3, -0.25) is 14.5 Å². The summed E-state index contributed by atoms with van der Waals surface area (Å²) in [5, 5.41) is 7.75. The van der Waals surface area contributed by atoms with E-state index >= 15 is 0 Å². The van der Waals surface area contributed by atoms with Crippen LogP contribution < -0.4 is 10.6 Å². The van der Waals surface area contributed by atoms with Gasteiger partial charge in [0.05, 0.1) is 25.3 Å². The standard InChI is InChI=1S/C16H19ClN4O2S/c1-2-21(10-14(22)19-9-12-5-4-8-24-12)11-15(23)20-13-6-3-7-18-16(13)17/h3-8H,2,9-11H2,1H3,(H,19,22)(H,20,23). The summed E-state index contributed by atoms with van der Waals surface area (Å²) in [6.45, 7) is 3.26. The lowest BCUT2D eigenvalue weighted by molar-refractivity contribution is -0.123. The molecule has 0 radical (unpaired) electrons. The third-order valence-electron chi connectivity index (χ3n) is 3.25. The number of anilines is 1. The highest BCUT2D eigenvalue weighted by atomic mass is 35.5. The molecule has 2 N–H and O–H groups in total. The minimum atomic E-state index is -0.238. The van der Waals surface area contributed by atoms with Gasteiger partial charge in [0.25, 0.3) is 0 Å². The second kappa shape index (κ2) is 9.36. The highest BCUT2D eigenvalue weighted by molar-refractivity contribution is 7.09. The molecule has 0 aliphatic heterocycles. The second-order valence-corrected chi connectivity index (χ2v) is 6.44. The van der Waals surface area contributed by atoms with Gasteiger partial charge in [-0.2, -0.15) is 0 Å². The van der Waals surface area contributed by atoms with Gasteiger partial charge >= 0.3 is 0 Å². The Hall–Kier alpha value is -1.96. The van der Waals surface area contributed by atoms with Crippen molar-refractivity contribution in [2.24, 2.45) is 0 Å². The van der Waals surface area contributed by atoms with E-state index in [0.29, 0.717) is 18.8 Å². The molecule has 0 unspecified atom stereocenters. The summed E-state index contributed by atoms with van der Waals surface area (Å²) >= 11 is 7.50. The molecule has 0 atom stereocenters. The highest BCUT2D eigenvalue weighted by Crippen LogP contribution is 2.17. The summed E-state index contributed by atoms with van der Waals surface area (Å²) < 4.78 is 0. The molecular formula is C16H19ClN4O2S. The van der Waals surface area contributed by atoms with Crippen LogP contribution in [-0.2, 0) is 16.1 Å². The van der Waals surface area contributed by atoms with Crippen LogP contribution in [0, 0.1) is 0 Å². The van der Waals surface area contributed by atoms with Gasteiger partial charge in [-0.15, -0.1) is 11.3 Å². The van der Waals surface area contributed by atoms with Crippen LogP contribution in [0.3, 0.4) is 0 Å². The van der Waals surface area contributed by atoms with Crippen LogP contribution in [0.1, 0.15) is 11.8 Å². The lowest BCUT2D eigenvalue weighted by Gasteiger charge is -2.19. The smallest absolute Gasteiger partial charge is 0.238 e. The average molecular weight is 367 g/mol. The van der Waals surface area contributed by atoms with Crippen molar-refractivity contribution in [1.29, 1.82) is 0 Å². The van der Waals surface area contributed by atoms with Gasteiger partial charge in [-0.25, -0.2) is 4.98 Å². The van der Waals surface area contributed by atoms with Crippen molar-refractivity contribution in [3.8, 4) is 0 Å². The Morgan fingerprint density at radius 2 is 2.04 bits per heavy atom. The summed E-state index contributed by atoms with van der Waals surface area (Å²) in [6.07, 6.45) is 1.55. The van der Waals surface area contributed by atoms with Crippen LogP contribution in [0.5, 0.6) is 0 Å². The number of carbonyl (C=O) groups excluding carboxylic acids is 2. The third kappa shape index (κ3) is 5.92. The van der Waals surface area contributed by atoms with E-state index in [9.17, 15) is 9.59 Å². The van der Waals surface area contributed by atoms with Crippen LogP contribution in [0.2, 0.25) is 5.15 Å². The Balaban J connectivity index is 1.79. The molecule has 6 nitrogen and oxygen atoms in total. The summed E-state index contributed by atoms with van der Waals surface area (Å²) in [5.74, 6) is -0.352. The number of nitrogens with one attached hydrogen (secondary N) is 2. The lowest BCUT2D eigenvalue weighted by Crippen LogP contribution is -2.40. The first-order valence-corrected chi connectivity index (χ1v) is 8.76. The number of pyridine rings is 1. The molecule has 0 aliphatic rings. The molecule has 0 fully saturated rings. The van der Waals surface area contributed by atoms with Gasteiger partial charge in [0.15, 0.2) is 5.15 Å². The Bertz CT molecular complexity index is 678. The average Bonchev–Trinajstić information content (AvgIpc) is 3.08. The first-order chi connectivity index (χ1) is 11.6. The highest BCUT2D eigenvalue weighted by Gasteiger charge is 2.14. The van der Waals surface area contributed by atoms with Gasteiger partial charge in [0.1, 0.15) is 0 Å². The molecule has 2 amide bonds. The fraction of sp³-hybridized carbons (Fsp3) is 0.312. The summed E-state index contributed by atoms with van der Waals surface area (Å²) in [4.78, 5) is 30.8. The van der Waals surface area contributed by atoms with Crippen molar-refractivity contribution >= 4 is 40.4 Å². The maximum absolute atomic E-state index is 12.1. The lowest BCUT2D eigenvalue weighted by atomic mass is 10.3. The zero-order chi connectivity index (χ0) is 17.4. The zero-order valence-corrected chi connectivity index (χ0v) is 14.9. The Kier molecular flexibility index (Phi) is 7.17. The van der Waals surface area contributed by atoms with Gasteiger partial charge in [-0.1, -0.05) is 24.6 Å². The van der Waals surface area contributed by atoms with Gasteiger partial charge in [0.2, 0.25) is 11.8 Å². The molecule has 2 rings (SSSR count). The van der Waals surface area contributed by atoms with Crippen LogP contribution in [0.15, 0.2) is 35.8 Å². The molecule has 128 valence electrons. The largest absolute Gasteiger partial charge is 0.350 e. The van der Waals surface area contributed by atoms with Crippen molar-refractivity contribution in [3.05, 3.63) is 45.9 Å². The molecule has 0 aliphatic carbocycles. The molecular weight excluding hydrogens is 348 g/mol. The first-order valence-electron chi connectivity index (χ1n) is 7.50. The van der Waals surface area contributed by atoms with Crippen LogP contribution >= 0.6 is 22.9 Å². The number of carbonyl (C=O) groups is 2. The predicted octanol–water partition coefficient (Wildman–Crippen LogP) is 2.37. The molecule has 2 aromatic heterocycles. The molecule has 0 aromatic carbocycles. The van der Waals surface area contributed by atoms with Crippen molar-refractivity contribution in [2.75, 3.05) is 25.0 Å². The van der Waals surface area contributed by atoms with Gasteiger partial charge in [0, 0.05) is 11.1 Å². The van der Waals surface area contributed by atoms with E-state index in [0.717, 1.165) is 4.88 Å². The number of halogens is 1. The monoisotopic (exact) mass is 366 g/mol. The molecule has 0 saturated heterocycles. The number of hydrogen-bond donors (Lipinski definition) is 2. The first kappa shape index (κ1) is 18.4. The SMILES string of the molecule is CCN(CC(=O)NCc1cccs1)CC(=O)Nc1cccnc1Cl. The molecule has 8 heteroatoms. The number of amides is 2. The number of aromatic nitrogens is 1. The normalized spacial score (nSPS) is 10.6. The van der Waals surface area contributed by atoms with Gasteiger partial charge < -0.3 is 10.6 Å². The third-order valence-corrected chi connectivity index (χ3v) is 4.43. The Morgan fingerprint density at radius 1 is 1.25 bits per heavy atom. The topological polar surface area (TPSA) is 74.3 Å². The van der Waals surface area contributed by atoms with Crippen LogP contribution in [0.25, 0.3) is 0 Å². The van der Waals surface area contributed by atoms with E-state index in [2.05, 4.69) is 15.6 Å². The number of likely N-dealkylation sites (N-methyl/N-ethyl adjacent to an activating group) is 1. The van der Waals surface area contributed by atoms with E-state index in [1.54, 1.807) is 34.6 Å². The Labute approximate surface area is 149 Å². The second-order valence-electron chi connectivity index (χ2n) is 5.05. The number of hydrogen-bond acceptors (Lipinski definition) is 5. The maximum Gasteiger partial charge on any atom is 0.238 e. The summed E-state index contributed by atoms with van der Waals surface area (Å²) in [6, 6.07) is 7.28. The fourth-order valence-corrected chi connectivity index (χ4v) is 2.82. The summed E-state index contributed by atoms with van der Waals surface area (Å²) in [5.41, 5.74) is 0.461. The van der Waals surface area contributed by atoms with E-state index < -0.39 is 0 Å². The summed E-state index contributed by atoms with van der Waals surface area (Å²) in [7, 11) is 0. The zero-order valence-electron chi connectivity index (χ0n) is 13.3. The Morgan fingerprint density at radius 3 is 2.71 bits per heavy atom. The molecule has 2 aromatic rings. The maximum atomic E-state index is 12.1. The molecule has 0 spiro atoms. The minimum absolute atomic E-state index is 0.105. The predicted molar refractivity (Wildman–Crippen MR) is 96.2 cm³/mol. The van der Waals surface area contributed by atoms with Crippen molar-refractivity contribution in [2.45, 2.75) is 13.5 Å².